The minimum atomic E-state index is -0.215. The molecule has 0 spiro atoms. The van der Waals surface area contributed by atoms with Crippen LogP contribution in [0, 0.1) is 0 Å². The van der Waals surface area contributed by atoms with Gasteiger partial charge in [-0.3, -0.25) is 4.79 Å². The second-order valence-electron chi connectivity index (χ2n) is 4.30. The van der Waals surface area contributed by atoms with Crippen LogP contribution < -0.4 is 5.32 Å². The fraction of sp³-hybridized carbons (Fsp3) is 0.143. The largest absolute Gasteiger partial charge is 0.467 e. The molecule has 0 aromatic carbocycles. The summed E-state index contributed by atoms with van der Waals surface area (Å²) in [5.74, 6) is 0.504. The predicted octanol–water partition coefficient (Wildman–Crippen LogP) is 2.42. The molecule has 5 nitrogen and oxygen atoms in total. The van der Waals surface area contributed by atoms with E-state index in [9.17, 15) is 4.79 Å². The number of carbonyl (C=O) groups is 1. The number of pyridine rings is 1. The van der Waals surface area contributed by atoms with Gasteiger partial charge in [0.15, 0.2) is 0 Å². The molecule has 0 saturated carbocycles. The summed E-state index contributed by atoms with van der Waals surface area (Å²) in [5.41, 5.74) is 1.14. The molecule has 1 amide bonds. The Morgan fingerprint density at radius 1 is 1.37 bits per heavy atom. The standard InChI is InChI=1S/C14H13N3O2/c1-10(12-5-4-8-19-12)15-14(18)11-9-17-7-3-2-6-13(17)16-11/h2-10H,1H3,(H,15,18). The summed E-state index contributed by atoms with van der Waals surface area (Å²) in [6, 6.07) is 9.06. The quantitative estimate of drug-likeness (QED) is 0.781. The lowest BCUT2D eigenvalue weighted by Crippen LogP contribution is -2.26. The van der Waals surface area contributed by atoms with Gasteiger partial charge in [-0.15, -0.1) is 0 Å². The van der Waals surface area contributed by atoms with Gasteiger partial charge in [-0.1, -0.05) is 6.07 Å². The number of aromatic nitrogens is 2. The lowest BCUT2D eigenvalue weighted by molar-refractivity contribution is 0.0931. The number of fused-ring (bicyclic) bond motifs is 1. The van der Waals surface area contributed by atoms with Gasteiger partial charge in [0, 0.05) is 12.4 Å². The van der Waals surface area contributed by atoms with Crippen LogP contribution in [0.3, 0.4) is 0 Å². The molecule has 0 aliphatic rings. The summed E-state index contributed by atoms with van der Waals surface area (Å²) >= 11 is 0. The average Bonchev–Trinajstić information content (AvgIpc) is 3.07. The number of amides is 1. The molecular formula is C14H13N3O2. The average molecular weight is 255 g/mol. The molecule has 3 aromatic rings. The lowest BCUT2D eigenvalue weighted by Gasteiger charge is -2.09. The molecule has 3 aromatic heterocycles. The summed E-state index contributed by atoms with van der Waals surface area (Å²) < 4.78 is 7.06. The highest BCUT2D eigenvalue weighted by atomic mass is 16.3. The van der Waals surface area contributed by atoms with E-state index in [4.69, 9.17) is 4.42 Å². The van der Waals surface area contributed by atoms with E-state index < -0.39 is 0 Å². The van der Waals surface area contributed by atoms with Crippen LogP contribution in [0.2, 0.25) is 0 Å². The van der Waals surface area contributed by atoms with Gasteiger partial charge < -0.3 is 14.1 Å². The first-order chi connectivity index (χ1) is 9.24. The van der Waals surface area contributed by atoms with Crippen molar-refractivity contribution in [2.75, 3.05) is 0 Å². The first kappa shape index (κ1) is 11.5. The predicted molar refractivity (Wildman–Crippen MR) is 69.8 cm³/mol. The smallest absolute Gasteiger partial charge is 0.272 e. The van der Waals surface area contributed by atoms with Crippen LogP contribution in [0.25, 0.3) is 5.65 Å². The number of imidazole rings is 1. The van der Waals surface area contributed by atoms with Gasteiger partial charge in [0.1, 0.15) is 17.1 Å². The zero-order valence-electron chi connectivity index (χ0n) is 10.4. The molecule has 0 aliphatic heterocycles. The van der Waals surface area contributed by atoms with Crippen molar-refractivity contribution in [2.45, 2.75) is 13.0 Å². The Hall–Kier alpha value is -2.56. The maximum absolute atomic E-state index is 12.1. The molecule has 1 unspecified atom stereocenters. The molecule has 1 atom stereocenters. The van der Waals surface area contributed by atoms with Gasteiger partial charge in [-0.05, 0) is 31.2 Å². The topological polar surface area (TPSA) is 59.5 Å². The van der Waals surface area contributed by atoms with Crippen molar-refractivity contribution >= 4 is 11.6 Å². The molecule has 0 radical (unpaired) electrons. The minimum Gasteiger partial charge on any atom is -0.467 e. The fourth-order valence-corrected chi connectivity index (χ4v) is 1.92. The van der Waals surface area contributed by atoms with Crippen LogP contribution in [-0.4, -0.2) is 15.3 Å². The lowest BCUT2D eigenvalue weighted by atomic mass is 10.2. The summed E-state index contributed by atoms with van der Waals surface area (Å²) in [6.07, 6.45) is 5.15. The number of furan rings is 1. The van der Waals surface area contributed by atoms with Gasteiger partial charge in [-0.25, -0.2) is 4.98 Å². The van der Waals surface area contributed by atoms with Crippen molar-refractivity contribution in [1.29, 1.82) is 0 Å². The van der Waals surface area contributed by atoms with E-state index in [0.717, 1.165) is 11.4 Å². The molecule has 0 aliphatic carbocycles. The highest BCUT2D eigenvalue weighted by molar-refractivity contribution is 5.93. The van der Waals surface area contributed by atoms with E-state index in [2.05, 4.69) is 10.3 Å². The molecule has 0 bridgehead atoms. The molecule has 1 N–H and O–H groups in total. The normalized spacial score (nSPS) is 12.5. The first-order valence-electron chi connectivity index (χ1n) is 6.02. The summed E-state index contributed by atoms with van der Waals surface area (Å²) in [6.45, 7) is 1.87. The number of hydrogen-bond acceptors (Lipinski definition) is 3. The van der Waals surface area contributed by atoms with Gasteiger partial charge in [0.05, 0.1) is 12.3 Å². The molecule has 3 rings (SSSR count). The van der Waals surface area contributed by atoms with Crippen LogP contribution >= 0.6 is 0 Å². The van der Waals surface area contributed by atoms with E-state index in [1.807, 2.05) is 41.8 Å². The fourth-order valence-electron chi connectivity index (χ4n) is 1.92. The molecular weight excluding hydrogens is 242 g/mol. The van der Waals surface area contributed by atoms with Crippen LogP contribution in [-0.2, 0) is 0 Å². The van der Waals surface area contributed by atoms with E-state index in [0.29, 0.717) is 5.69 Å². The van der Waals surface area contributed by atoms with Crippen LogP contribution in [0.5, 0.6) is 0 Å². The molecule has 3 heterocycles. The van der Waals surface area contributed by atoms with Gasteiger partial charge in [0.25, 0.3) is 5.91 Å². The van der Waals surface area contributed by atoms with Crippen LogP contribution in [0.4, 0.5) is 0 Å². The Morgan fingerprint density at radius 2 is 2.26 bits per heavy atom. The van der Waals surface area contributed by atoms with Crippen molar-refractivity contribution < 1.29 is 9.21 Å². The molecule has 0 saturated heterocycles. The van der Waals surface area contributed by atoms with Crippen molar-refractivity contribution in [2.24, 2.45) is 0 Å². The highest BCUT2D eigenvalue weighted by Gasteiger charge is 2.15. The van der Waals surface area contributed by atoms with Crippen molar-refractivity contribution in [1.82, 2.24) is 14.7 Å². The SMILES string of the molecule is CC(NC(=O)c1cn2ccccc2n1)c1ccco1. The van der Waals surface area contributed by atoms with Gasteiger partial charge >= 0.3 is 0 Å². The number of rotatable bonds is 3. The maximum Gasteiger partial charge on any atom is 0.272 e. The zero-order valence-corrected chi connectivity index (χ0v) is 10.4. The zero-order chi connectivity index (χ0) is 13.2. The summed E-state index contributed by atoms with van der Waals surface area (Å²) in [7, 11) is 0. The second kappa shape index (κ2) is 4.61. The number of nitrogens with one attached hydrogen (secondary N) is 1. The van der Waals surface area contributed by atoms with Gasteiger partial charge in [-0.2, -0.15) is 0 Å². The van der Waals surface area contributed by atoms with Crippen molar-refractivity contribution in [3.63, 3.8) is 0 Å². The Morgan fingerprint density at radius 3 is 3.00 bits per heavy atom. The number of carbonyl (C=O) groups excluding carboxylic acids is 1. The van der Waals surface area contributed by atoms with Crippen molar-refractivity contribution in [3.05, 3.63) is 60.4 Å². The summed E-state index contributed by atoms with van der Waals surface area (Å²) in [5, 5.41) is 2.85. The van der Waals surface area contributed by atoms with E-state index in [1.54, 1.807) is 18.5 Å². The summed E-state index contributed by atoms with van der Waals surface area (Å²) in [4.78, 5) is 16.4. The molecule has 5 heteroatoms. The number of nitrogens with zero attached hydrogens (tertiary/aromatic N) is 2. The van der Waals surface area contributed by atoms with Crippen LogP contribution in [0.15, 0.2) is 53.4 Å². The Bertz CT molecular complexity index is 667. The van der Waals surface area contributed by atoms with Gasteiger partial charge in [0.2, 0.25) is 0 Å². The Kier molecular flexibility index (Phi) is 2.79. The first-order valence-corrected chi connectivity index (χ1v) is 6.02. The number of hydrogen-bond donors (Lipinski definition) is 1. The Labute approximate surface area is 109 Å². The molecule has 96 valence electrons. The van der Waals surface area contributed by atoms with Crippen LogP contribution in [0.1, 0.15) is 29.2 Å². The van der Waals surface area contributed by atoms with E-state index >= 15 is 0 Å². The monoisotopic (exact) mass is 255 g/mol. The Balaban J connectivity index is 1.80. The second-order valence-corrected chi connectivity index (χ2v) is 4.30. The third-order valence-electron chi connectivity index (χ3n) is 2.91. The van der Waals surface area contributed by atoms with Crippen molar-refractivity contribution in [3.8, 4) is 0 Å². The maximum atomic E-state index is 12.1. The third kappa shape index (κ3) is 2.22. The minimum absolute atomic E-state index is 0.188. The van der Waals surface area contributed by atoms with E-state index in [-0.39, 0.29) is 11.9 Å². The highest BCUT2D eigenvalue weighted by Crippen LogP contribution is 2.13. The molecule has 19 heavy (non-hydrogen) atoms. The van der Waals surface area contributed by atoms with E-state index in [1.165, 1.54) is 0 Å². The third-order valence-corrected chi connectivity index (χ3v) is 2.91. The molecule has 0 fully saturated rings.